The van der Waals surface area contributed by atoms with Gasteiger partial charge in [0, 0.05) is 17.7 Å². The Labute approximate surface area is 187 Å². The molecule has 1 aromatic heterocycles. The molecular formula is C26H26N2O4. The topological polar surface area (TPSA) is 73.6 Å². The van der Waals surface area contributed by atoms with Crippen LogP contribution in [-0.2, 0) is 6.42 Å². The number of nitrogens with zero attached hydrogens (tertiary/aromatic N) is 1. The number of amides is 1. The Bertz CT molecular complexity index is 1240. The van der Waals surface area contributed by atoms with E-state index in [0.29, 0.717) is 41.0 Å². The van der Waals surface area contributed by atoms with E-state index in [1.54, 1.807) is 32.4 Å². The first-order valence-electron chi connectivity index (χ1n) is 10.5. The van der Waals surface area contributed by atoms with Crippen molar-refractivity contribution < 1.29 is 18.7 Å². The van der Waals surface area contributed by atoms with E-state index in [9.17, 15) is 4.79 Å². The number of anilines is 1. The van der Waals surface area contributed by atoms with Crippen LogP contribution in [0.5, 0.6) is 11.5 Å². The summed E-state index contributed by atoms with van der Waals surface area (Å²) in [5, 5.41) is 2.90. The van der Waals surface area contributed by atoms with Crippen LogP contribution in [0.25, 0.3) is 11.1 Å². The zero-order valence-electron chi connectivity index (χ0n) is 18.6. The van der Waals surface area contributed by atoms with E-state index in [-0.39, 0.29) is 5.91 Å². The van der Waals surface area contributed by atoms with Crippen molar-refractivity contribution in [1.29, 1.82) is 0 Å². The van der Waals surface area contributed by atoms with Crippen molar-refractivity contribution >= 4 is 22.7 Å². The first kappa shape index (κ1) is 21.4. The zero-order chi connectivity index (χ0) is 22.7. The Morgan fingerprint density at radius 3 is 2.41 bits per heavy atom. The van der Waals surface area contributed by atoms with E-state index in [4.69, 9.17) is 13.9 Å². The summed E-state index contributed by atoms with van der Waals surface area (Å²) in [5.74, 6) is 1.98. The number of benzene rings is 3. The summed E-state index contributed by atoms with van der Waals surface area (Å²) < 4.78 is 16.4. The second-order valence-electron chi connectivity index (χ2n) is 7.89. The van der Waals surface area contributed by atoms with Crippen LogP contribution in [0.3, 0.4) is 0 Å². The molecule has 0 saturated heterocycles. The lowest BCUT2D eigenvalue weighted by Gasteiger charge is -2.10. The van der Waals surface area contributed by atoms with Gasteiger partial charge in [-0.2, -0.15) is 0 Å². The summed E-state index contributed by atoms with van der Waals surface area (Å²) in [5.41, 5.74) is 5.15. The fourth-order valence-corrected chi connectivity index (χ4v) is 3.49. The van der Waals surface area contributed by atoms with Crippen LogP contribution in [0.1, 0.15) is 47.1 Å². The third-order valence-corrected chi connectivity index (χ3v) is 5.34. The molecule has 4 aromatic rings. The van der Waals surface area contributed by atoms with Crippen molar-refractivity contribution in [2.45, 2.75) is 26.2 Å². The molecule has 32 heavy (non-hydrogen) atoms. The van der Waals surface area contributed by atoms with Crippen molar-refractivity contribution in [3.8, 4) is 11.5 Å². The summed E-state index contributed by atoms with van der Waals surface area (Å²) in [6, 6.07) is 18.9. The van der Waals surface area contributed by atoms with Crippen molar-refractivity contribution in [2.75, 3.05) is 19.5 Å². The molecule has 0 fully saturated rings. The number of rotatable bonds is 7. The number of aromatic nitrogens is 1. The van der Waals surface area contributed by atoms with Crippen LogP contribution in [0.15, 0.2) is 65.1 Å². The molecule has 0 bridgehead atoms. The van der Waals surface area contributed by atoms with Crippen LogP contribution in [0.4, 0.5) is 5.69 Å². The molecule has 1 N–H and O–H groups in total. The lowest BCUT2D eigenvalue weighted by molar-refractivity contribution is 0.102. The van der Waals surface area contributed by atoms with Crippen molar-refractivity contribution in [2.24, 2.45) is 0 Å². The highest BCUT2D eigenvalue weighted by molar-refractivity contribution is 6.04. The lowest BCUT2D eigenvalue weighted by Crippen LogP contribution is -2.12. The predicted octanol–water partition coefficient (Wildman–Crippen LogP) is 5.81. The minimum absolute atomic E-state index is 0.224. The van der Waals surface area contributed by atoms with Crippen molar-refractivity contribution in [3.63, 3.8) is 0 Å². The highest BCUT2D eigenvalue weighted by atomic mass is 16.5. The minimum atomic E-state index is -0.224. The normalized spacial score (nSPS) is 11.0. The number of nitrogens with one attached hydrogen (secondary N) is 1. The maximum Gasteiger partial charge on any atom is 0.255 e. The van der Waals surface area contributed by atoms with Gasteiger partial charge in [0.15, 0.2) is 23.0 Å². The molecule has 164 valence electrons. The average molecular weight is 431 g/mol. The second-order valence-corrected chi connectivity index (χ2v) is 7.89. The summed E-state index contributed by atoms with van der Waals surface area (Å²) in [7, 11) is 3.10. The Kier molecular flexibility index (Phi) is 6.12. The van der Waals surface area contributed by atoms with E-state index in [0.717, 1.165) is 16.7 Å². The van der Waals surface area contributed by atoms with E-state index in [1.807, 2.05) is 30.3 Å². The number of carbonyl (C=O) groups excluding carboxylic acids is 1. The van der Waals surface area contributed by atoms with Crippen LogP contribution in [0.2, 0.25) is 0 Å². The van der Waals surface area contributed by atoms with Gasteiger partial charge in [-0.25, -0.2) is 4.98 Å². The number of methoxy groups -OCH3 is 2. The van der Waals surface area contributed by atoms with E-state index in [1.165, 1.54) is 5.56 Å². The van der Waals surface area contributed by atoms with Gasteiger partial charge in [-0.3, -0.25) is 4.79 Å². The van der Waals surface area contributed by atoms with Gasteiger partial charge in [0.05, 0.1) is 14.2 Å². The summed E-state index contributed by atoms with van der Waals surface area (Å²) >= 11 is 0. The number of hydrogen-bond acceptors (Lipinski definition) is 5. The maximum absolute atomic E-state index is 12.6. The standard InChI is InChI=1S/C26H26N2O4/c1-16(2)18-7-11-22-21(14-18)28-25(32-22)13-17-5-9-20(10-6-17)27-26(29)19-8-12-23(30-3)24(15-19)31-4/h5-12,14-16H,13H2,1-4H3,(H,27,29). The largest absolute Gasteiger partial charge is 0.493 e. The monoisotopic (exact) mass is 430 g/mol. The molecule has 0 aliphatic rings. The van der Waals surface area contributed by atoms with E-state index >= 15 is 0 Å². The number of ether oxygens (including phenoxy) is 2. The molecule has 0 atom stereocenters. The Morgan fingerprint density at radius 1 is 0.969 bits per heavy atom. The molecule has 0 aliphatic heterocycles. The molecule has 4 rings (SSSR count). The first-order chi connectivity index (χ1) is 15.5. The molecule has 0 aliphatic carbocycles. The average Bonchev–Trinajstić information content (AvgIpc) is 3.21. The third kappa shape index (κ3) is 4.59. The van der Waals surface area contributed by atoms with Crippen LogP contribution >= 0.6 is 0 Å². The van der Waals surface area contributed by atoms with Gasteiger partial charge in [0.25, 0.3) is 5.91 Å². The Morgan fingerprint density at radius 2 is 1.72 bits per heavy atom. The second kappa shape index (κ2) is 9.14. The summed E-state index contributed by atoms with van der Waals surface area (Å²) in [6.07, 6.45) is 0.579. The number of oxazole rings is 1. The Hall–Kier alpha value is -3.80. The van der Waals surface area contributed by atoms with Gasteiger partial charge in [-0.05, 0) is 59.5 Å². The molecule has 0 spiro atoms. The third-order valence-electron chi connectivity index (χ3n) is 5.34. The Balaban J connectivity index is 1.44. The highest BCUT2D eigenvalue weighted by Crippen LogP contribution is 2.28. The molecule has 1 amide bonds. The fourth-order valence-electron chi connectivity index (χ4n) is 3.49. The minimum Gasteiger partial charge on any atom is -0.493 e. The molecule has 0 unspecified atom stereocenters. The summed E-state index contributed by atoms with van der Waals surface area (Å²) in [4.78, 5) is 17.2. The zero-order valence-corrected chi connectivity index (χ0v) is 18.6. The van der Waals surface area contributed by atoms with Crippen molar-refractivity contribution in [3.05, 3.63) is 83.2 Å². The quantitative estimate of drug-likeness (QED) is 0.400. The van der Waals surface area contributed by atoms with Crippen LogP contribution in [-0.4, -0.2) is 25.1 Å². The van der Waals surface area contributed by atoms with Gasteiger partial charge < -0.3 is 19.2 Å². The molecule has 0 saturated carbocycles. The summed E-state index contributed by atoms with van der Waals surface area (Å²) in [6.45, 7) is 4.32. The number of carbonyl (C=O) groups is 1. The molecular weight excluding hydrogens is 404 g/mol. The van der Waals surface area contributed by atoms with Crippen LogP contribution in [0, 0.1) is 0 Å². The highest BCUT2D eigenvalue weighted by Gasteiger charge is 2.12. The molecule has 6 heteroatoms. The predicted molar refractivity (Wildman–Crippen MR) is 125 cm³/mol. The molecule has 3 aromatic carbocycles. The van der Waals surface area contributed by atoms with E-state index < -0.39 is 0 Å². The van der Waals surface area contributed by atoms with Gasteiger partial charge in [-0.15, -0.1) is 0 Å². The number of hydrogen-bond donors (Lipinski definition) is 1. The molecule has 1 heterocycles. The maximum atomic E-state index is 12.6. The van der Waals surface area contributed by atoms with Crippen LogP contribution < -0.4 is 14.8 Å². The van der Waals surface area contributed by atoms with Gasteiger partial charge in [-0.1, -0.05) is 32.0 Å². The van der Waals surface area contributed by atoms with Crippen molar-refractivity contribution in [1.82, 2.24) is 4.98 Å². The molecule has 6 nitrogen and oxygen atoms in total. The van der Waals surface area contributed by atoms with Gasteiger partial charge in [0.1, 0.15) is 5.52 Å². The molecule has 0 radical (unpaired) electrons. The van der Waals surface area contributed by atoms with E-state index in [2.05, 4.69) is 36.3 Å². The van der Waals surface area contributed by atoms with Gasteiger partial charge in [0.2, 0.25) is 0 Å². The fraction of sp³-hybridized carbons (Fsp3) is 0.231. The van der Waals surface area contributed by atoms with Gasteiger partial charge >= 0.3 is 0 Å². The number of fused-ring (bicyclic) bond motifs is 1. The smallest absolute Gasteiger partial charge is 0.255 e. The SMILES string of the molecule is COc1ccc(C(=O)Nc2ccc(Cc3nc4cc(C(C)C)ccc4o3)cc2)cc1OC. The first-order valence-corrected chi connectivity index (χ1v) is 10.5. The lowest BCUT2D eigenvalue weighted by atomic mass is 10.0.